The number of nitrogens with zero attached hydrogens (tertiary/aromatic N) is 2. The number of rotatable bonds is 4. The van der Waals surface area contributed by atoms with Crippen molar-refractivity contribution in [2.75, 3.05) is 7.11 Å². The number of hydrogen-bond acceptors (Lipinski definition) is 4. The molecule has 0 aliphatic heterocycles. The van der Waals surface area contributed by atoms with E-state index in [1.807, 2.05) is 24.3 Å². The lowest BCUT2D eigenvalue weighted by molar-refractivity contribution is -0.136. The molecule has 0 amide bonds. The minimum Gasteiger partial charge on any atom is -0.496 e. The molecule has 0 unspecified atom stereocenters. The first-order valence-electron chi connectivity index (χ1n) is 5.79. The second-order valence-corrected chi connectivity index (χ2v) is 4.06. The van der Waals surface area contributed by atoms with Gasteiger partial charge in [0.25, 0.3) is 0 Å². The Morgan fingerprint density at radius 2 is 2.11 bits per heavy atom. The van der Waals surface area contributed by atoms with E-state index in [2.05, 4.69) is 9.97 Å². The molecule has 0 saturated heterocycles. The summed E-state index contributed by atoms with van der Waals surface area (Å²) in [7, 11) is 1.57. The number of para-hydroxylation sites is 1. The Labute approximate surface area is 110 Å². The average molecular weight is 258 g/mol. The van der Waals surface area contributed by atoms with Gasteiger partial charge >= 0.3 is 5.97 Å². The summed E-state index contributed by atoms with van der Waals surface area (Å²) in [5.74, 6) is 0.339. The summed E-state index contributed by atoms with van der Waals surface area (Å²) in [4.78, 5) is 19.3. The minimum absolute atomic E-state index is 0.117. The van der Waals surface area contributed by atoms with Gasteiger partial charge in [0.15, 0.2) is 0 Å². The van der Waals surface area contributed by atoms with Crippen LogP contribution in [0.4, 0.5) is 0 Å². The summed E-state index contributed by atoms with van der Waals surface area (Å²) in [5, 5.41) is 8.95. The Morgan fingerprint density at radius 1 is 1.37 bits per heavy atom. The van der Waals surface area contributed by atoms with Crippen molar-refractivity contribution >= 4 is 5.97 Å². The van der Waals surface area contributed by atoms with Crippen molar-refractivity contribution in [3.8, 4) is 17.0 Å². The van der Waals surface area contributed by atoms with Gasteiger partial charge in [0.1, 0.15) is 11.6 Å². The van der Waals surface area contributed by atoms with Gasteiger partial charge in [-0.25, -0.2) is 9.97 Å². The van der Waals surface area contributed by atoms with Gasteiger partial charge in [-0.15, -0.1) is 0 Å². The number of aryl methyl sites for hydroxylation is 1. The summed E-state index contributed by atoms with van der Waals surface area (Å²) in [6.07, 6.45) is 1.44. The van der Waals surface area contributed by atoms with E-state index in [0.717, 1.165) is 5.56 Å². The molecule has 2 rings (SSSR count). The number of carbonyl (C=O) groups is 1. The third-order valence-corrected chi connectivity index (χ3v) is 2.69. The van der Waals surface area contributed by atoms with Crippen molar-refractivity contribution in [3.05, 3.63) is 41.9 Å². The number of benzene rings is 1. The van der Waals surface area contributed by atoms with Crippen LogP contribution >= 0.6 is 0 Å². The van der Waals surface area contributed by atoms with E-state index >= 15 is 0 Å². The Bertz CT molecular complexity index is 611. The van der Waals surface area contributed by atoms with Crippen molar-refractivity contribution in [1.29, 1.82) is 0 Å². The second-order valence-electron chi connectivity index (χ2n) is 4.06. The van der Waals surface area contributed by atoms with E-state index in [4.69, 9.17) is 9.84 Å². The number of ether oxygens (including phenoxy) is 1. The van der Waals surface area contributed by atoms with E-state index in [1.54, 1.807) is 20.2 Å². The zero-order valence-corrected chi connectivity index (χ0v) is 10.8. The smallest absolute Gasteiger partial charge is 0.307 e. The van der Waals surface area contributed by atoms with Gasteiger partial charge in [-0.05, 0) is 19.1 Å². The zero-order chi connectivity index (χ0) is 13.8. The highest BCUT2D eigenvalue weighted by Gasteiger charge is 2.14. The summed E-state index contributed by atoms with van der Waals surface area (Å²) in [5.41, 5.74) is 1.95. The van der Waals surface area contributed by atoms with Gasteiger partial charge in [0, 0.05) is 17.3 Å². The molecule has 0 bridgehead atoms. The molecular weight excluding hydrogens is 244 g/mol. The van der Waals surface area contributed by atoms with Crippen LogP contribution in [-0.2, 0) is 11.2 Å². The van der Waals surface area contributed by atoms with Crippen LogP contribution in [0.2, 0.25) is 0 Å². The highest BCUT2D eigenvalue weighted by molar-refractivity contribution is 5.76. The quantitative estimate of drug-likeness (QED) is 0.909. The summed E-state index contributed by atoms with van der Waals surface area (Å²) in [6.45, 7) is 1.77. The predicted octanol–water partition coefficient (Wildman–Crippen LogP) is 2.09. The van der Waals surface area contributed by atoms with Crippen LogP contribution in [0.5, 0.6) is 5.75 Å². The first kappa shape index (κ1) is 13.0. The van der Waals surface area contributed by atoms with Gasteiger partial charge < -0.3 is 9.84 Å². The molecule has 1 N–H and O–H groups in total. The molecule has 1 heterocycles. The molecule has 0 aliphatic carbocycles. The molecule has 0 spiro atoms. The molecule has 1 aromatic heterocycles. The van der Waals surface area contributed by atoms with E-state index in [0.29, 0.717) is 22.8 Å². The lowest BCUT2D eigenvalue weighted by Gasteiger charge is -2.11. The van der Waals surface area contributed by atoms with Gasteiger partial charge in [0.05, 0.1) is 19.2 Å². The van der Waals surface area contributed by atoms with Crippen LogP contribution in [0.15, 0.2) is 30.5 Å². The van der Waals surface area contributed by atoms with Gasteiger partial charge in [-0.2, -0.15) is 0 Å². The normalized spacial score (nSPS) is 10.2. The van der Waals surface area contributed by atoms with Crippen molar-refractivity contribution < 1.29 is 14.6 Å². The maximum Gasteiger partial charge on any atom is 0.307 e. The van der Waals surface area contributed by atoms with Crippen LogP contribution in [0, 0.1) is 6.92 Å². The topological polar surface area (TPSA) is 72.3 Å². The number of methoxy groups -OCH3 is 1. The Kier molecular flexibility index (Phi) is 3.75. The number of carboxylic acids is 1. The molecule has 5 nitrogen and oxygen atoms in total. The van der Waals surface area contributed by atoms with E-state index in [1.165, 1.54) is 0 Å². The standard InChI is InChI=1S/C14H14N2O3/c1-9-15-8-10(7-13(17)18)14(16-9)11-5-3-4-6-12(11)19-2/h3-6,8H,7H2,1-2H3,(H,17,18). The van der Waals surface area contributed by atoms with E-state index in [-0.39, 0.29) is 6.42 Å². The molecule has 0 radical (unpaired) electrons. The fourth-order valence-electron chi connectivity index (χ4n) is 1.86. The zero-order valence-electron chi connectivity index (χ0n) is 10.8. The number of carboxylic acid groups (broad SMARTS) is 1. The van der Waals surface area contributed by atoms with Crippen molar-refractivity contribution in [2.45, 2.75) is 13.3 Å². The first-order valence-corrected chi connectivity index (χ1v) is 5.79. The molecule has 2 aromatic rings. The van der Waals surface area contributed by atoms with Crippen molar-refractivity contribution in [3.63, 3.8) is 0 Å². The monoisotopic (exact) mass is 258 g/mol. The lowest BCUT2D eigenvalue weighted by atomic mass is 10.0. The first-order chi connectivity index (χ1) is 9.11. The number of hydrogen-bond donors (Lipinski definition) is 1. The van der Waals surface area contributed by atoms with E-state index in [9.17, 15) is 4.79 Å². The largest absolute Gasteiger partial charge is 0.496 e. The molecule has 0 atom stereocenters. The Morgan fingerprint density at radius 3 is 2.79 bits per heavy atom. The highest BCUT2D eigenvalue weighted by atomic mass is 16.5. The summed E-state index contributed by atoms with van der Waals surface area (Å²) < 4.78 is 5.29. The summed E-state index contributed by atoms with van der Waals surface area (Å²) in [6, 6.07) is 7.39. The molecule has 19 heavy (non-hydrogen) atoms. The molecule has 0 saturated carbocycles. The second kappa shape index (κ2) is 5.48. The fourth-order valence-corrected chi connectivity index (χ4v) is 1.86. The summed E-state index contributed by atoms with van der Waals surface area (Å²) >= 11 is 0. The SMILES string of the molecule is COc1ccccc1-c1nc(C)ncc1CC(=O)O. The molecule has 0 fully saturated rings. The minimum atomic E-state index is -0.913. The third-order valence-electron chi connectivity index (χ3n) is 2.69. The average Bonchev–Trinajstić information content (AvgIpc) is 2.40. The van der Waals surface area contributed by atoms with Crippen LogP contribution in [0.3, 0.4) is 0 Å². The van der Waals surface area contributed by atoms with Gasteiger partial charge in [-0.1, -0.05) is 12.1 Å². The maximum absolute atomic E-state index is 10.9. The fraction of sp³-hybridized carbons (Fsp3) is 0.214. The Hall–Kier alpha value is -2.43. The highest BCUT2D eigenvalue weighted by Crippen LogP contribution is 2.30. The lowest BCUT2D eigenvalue weighted by Crippen LogP contribution is -2.05. The van der Waals surface area contributed by atoms with Gasteiger partial charge in [0.2, 0.25) is 0 Å². The molecule has 0 aliphatic rings. The third kappa shape index (κ3) is 2.88. The predicted molar refractivity (Wildman–Crippen MR) is 70.1 cm³/mol. The maximum atomic E-state index is 10.9. The Balaban J connectivity index is 2.59. The number of aromatic nitrogens is 2. The van der Waals surface area contributed by atoms with Crippen LogP contribution in [0.1, 0.15) is 11.4 Å². The van der Waals surface area contributed by atoms with Crippen LogP contribution < -0.4 is 4.74 Å². The molecular formula is C14H14N2O3. The van der Waals surface area contributed by atoms with Crippen LogP contribution in [-0.4, -0.2) is 28.2 Å². The molecule has 98 valence electrons. The van der Waals surface area contributed by atoms with Crippen LogP contribution in [0.25, 0.3) is 11.3 Å². The molecule has 5 heteroatoms. The van der Waals surface area contributed by atoms with Crippen molar-refractivity contribution in [2.24, 2.45) is 0 Å². The van der Waals surface area contributed by atoms with Gasteiger partial charge in [-0.3, -0.25) is 4.79 Å². The van der Waals surface area contributed by atoms with Crippen molar-refractivity contribution in [1.82, 2.24) is 9.97 Å². The number of aliphatic carboxylic acids is 1. The molecule has 1 aromatic carbocycles. The van der Waals surface area contributed by atoms with E-state index < -0.39 is 5.97 Å².